The third-order valence-electron chi connectivity index (χ3n) is 4.35. The van der Waals surface area contributed by atoms with Gasteiger partial charge in [-0.05, 0) is 6.92 Å². The van der Waals surface area contributed by atoms with Gasteiger partial charge in [0.1, 0.15) is 12.6 Å². The number of rotatable bonds is 7. The number of carbonyl (C=O) groups is 1. The van der Waals surface area contributed by atoms with Crippen molar-refractivity contribution >= 4 is 17.9 Å². The Kier molecular flexibility index (Phi) is 5.21. The van der Waals surface area contributed by atoms with E-state index in [1.165, 1.54) is 17.2 Å². The van der Waals surface area contributed by atoms with Gasteiger partial charge in [-0.2, -0.15) is 0 Å². The molecule has 1 aliphatic heterocycles. The van der Waals surface area contributed by atoms with Crippen LogP contribution < -0.4 is 15.0 Å². The normalized spacial score (nSPS) is 18.6. The van der Waals surface area contributed by atoms with E-state index in [4.69, 9.17) is 9.47 Å². The van der Waals surface area contributed by atoms with E-state index in [2.05, 4.69) is 15.3 Å². The number of amides is 1. The molecule has 0 spiro atoms. The van der Waals surface area contributed by atoms with Crippen LogP contribution in [0.1, 0.15) is 25.5 Å². The standard InChI is InChI=1S/C18H20FN4O4.Cf/c1-10(12-4-5-15(26-3)13(19)8-12)21-17-20-7-6-16(22-17)23-14(11(2)24)9-27-18(23)25;/h4-8,10-11,14,24H,3,9H2,1-2H3,(H,20,21,22);/t10-,11+,14+;/m0./s1. The first kappa shape index (κ1) is 18.8. The van der Waals surface area contributed by atoms with Crippen LogP contribution in [-0.4, -0.2) is 47.0 Å². The number of cyclic esters (lactones) is 1. The number of aromatic nitrogens is 2. The van der Waals surface area contributed by atoms with Crippen LogP contribution >= 0.6 is 0 Å². The van der Waals surface area contributed by atoms with Crippen molar-refractivity contribution in [2.45, 2.75) is 32.0 Å². The van der Waals surface area contributed by atoms with Gasteiger partial charge in [-0.3, -0.25) is 0 Å². The van der Waals surface area contributed by atoms with Crippen LogP contribution in [0.3, 0.4) is 0 Å². The molecule has 0 aliphatic carbocycles. The van der Waals surface area contributed by atoms with E-state index in [1.807, 2.05) is 6.92 Å². The molecule has 10 heteroatoms. The quantitative estimate of drug-likeness (QED) is 0.488. The Bertz CT molecular complexity index is 854. The van der Waals surface area contributed by atoms with Crippen molar-refractivity contribution in [1.82, 2.24) is 9.97 Å². The number of hydrogen-bond donors (Lipinski definition) is 2. The van der Waals surface area contributed by atoms with E-state index in [0.717, 1.165) is 0 Å². The zero-order valence-corrected chi connectivity index (χ0v) is 17.9. The number of benzene rings is 1. The summed E-state index contributed by atoms with van der Waals surface area (Å²) in [7, 11) is 0.432. The minimum absolute atomic E-state index is 0.0892. The number of halogens is 1. The molecule has 28 heavy (non-hydrogen) atoms. The van der Waals surface area contributed by atoms with Gasteiger partial charge in [0, 0.05) is 0 Å². The van der Waals surface area contributed by atoms with Crippen LogP contribution in [0.15, 0.2) is 30.5 Å². The first-order valence-electron chi connectivity index (χ1n) is 8.58. The van der Waals surface area contributed by atoms with E-state index in [9.17, 15) is 14.3 Å². The SMILES string of the molecule is C[C@H](Nc1nccc(N2C(=O)OC[C@@H]2[C@@H](C)O)n1)c1ccc(O[CH2][Cf])c(F)c1. The number of nitrogens with zero attached hydrogens (tertiary/aromatic N) is 3. The monoisotopic (exact) mass is 624 g/mol. The fraction of sp³-hybridized carbons (Fsp3) is 0.389. The number of aliphatic hydroxyl groups is 1. The van der Waals surface area contributed by atoms with Crippen molar-refractivity contribution in [3.05, 3.63) is 41.8 Å². The van der Waals surface area contributed by atoms with E-state index in [0.29, 0.717) is 18.5 Å². The molecule has 8 nitrogen and oxygen atoms in total. The number of carbonyl (C=O) groups excluding carboxylic acids is 1. The Balaban J connectivity index is 1.77. The second-order valence-corrected chi connectivity index (χ2v) is 7.05. The summed E-state index contributed by atoms with van der Waals surface area (Å²) in [5, 5.41) is 13.0. The molecule has 1 aromatic carbocycles. The van der Waals surface area contributed by atoms with Gasteiger partial charge in [0.25, 0.3) is 0 Å². The first-order chi connectivity index (χ1) is 13.4. The molecule has 0 bridgehead atoms. The Morgan fingerprint density at radius 1 is 1.46 bits per heavy atom. The topological polar surface area (TPSA) is 96.8 Å². The van der Waals surface area contributed by atoms with Crippen LogP contribution in [-0.2, 0) is 4.74 Å². The van der Waals surface area contributed by atoms with E-state index >= 15 is 0 Å². The fourth-order valence-electron chi connectivity index (χ4n) is 2.84. The Morgan fingerprint density at radius 2 is 2.25 bits per heavy atom. The molecule has 153 valence electrons. The molecule has 0 radical (unpaired) electrons. The molecule has 2 N–H and O–H groups in total. The molecule has 1 amide bonds. The average Bonchev–Trinajstić information content (AvgIpc) is 3.05. The molecule has 0 saturated carbocycles. The van der Waals surface area contributed by atoms with Gasteiger partial charge >= 0.3 is 115 Å². The summed E-state index contributed by atoms with van der Waals surface area (Å²) >= 11 is 0. The summed E-state index contributed by atoms with van der Waals surface area (Å²) < 4.78 is 25.8. The molecule has 0 unspecified atom stereocenters. The second-order valence-electron chi connectivity index (χ2n) is 6.28. The molecule has 2 aromatic rings. The van der Waals surface area contributed by atoms with Crippen molar-refractivity contribution in [1.29, 1.82) is 0 Å². The molecular weight excluding hydrogens is 606 g/mol. The third kappa shape index (κ3) is 3.75. The van der Waals surface area contributed by atoms with Gasteiger partial charge in [-0.15, -0.1) is 0 Å². The third-order valence-corrected chi connectivity index (χ3v) is 4.73. The molecule has 1 fully saturated rings. The maximum atomic E-state index is 14.1. The van der Waals surface area contributed by atoms with Crippen LogP contribution in [0.5, 0.6) is 5.75 Å². The van der Waals surface area contributed by atoms with Gasteiger partial charge < -0.3 is 9.84 Å². The summed E-state index contributed by atoms with van der Waals surface area (Å²) in [5.41, 5.74) is 0.696. The number of hydrogen-bond acceptors (Lipinski definition) is 7. The fourth-order valence-corrected chi connectivity index (χ4v) is 3.25. The second kappa shape index (κ2) is 7.75. The summed E-state index contributed by atoms with van der Waals surface area (Å²) in [6, 6.07) is 5.51. The number of anilines is 2. The minimum atomic E-state index is -0.774. The Labute approximate surface area is 155 Å². The average molecular weight is 626 g/mol. The summed E-state index contributed by atoms with van der Waals surface area (Å²) in [6.07, 6.45) is 0.157. The molecule has 2 heterocycles. The van der Waals surface area contributed by atoms with E-state index in [1.54, 1.807) is 25.1 Å². The van der Waals surface area contributed by atoms with Crippen molar-refractivity contribution in [2.75, 3.05) is 23.9 Å². The van der Waals surface area contributed by atoms with Gasteiger partial charge in [0.2, 0.25) is 0 Å². The van der Waals surface area contributed by atoms with Crippen LogP contribution in [0.4, 0.5) is 21.0 Å². The predicted octanol–water partition coefficient (Wildman–Crippen LogP) is 2.38. The van der Waals surface area contributed by atoms with Crippen molar-refractivity contribution in [3.63, 3.8) is 0 Å². The summed E-state index contributed by atoms with van der Waals surface area (Å²) in [5.74, 6) is 0.365. The van der Waals surface area contributed by atoms with Crippen LogP contribution in [0.25, 0.3) is 0 Å². The Morgan fingerprint density at radius 3 is 2.93 bits per heavy atom. The predicted molar refractivity (Wildman–Crippen MR) is 95.3 cm³/mol. The molecule has 1 aromatic heterocycles. The van der Waals surface area contributed by atoms with Gasteiger partial charge in [0.05, 0.1) is 6.10 Å². The van der Waals surface area contributed by atoms with Crippen LogP contribution in [0.2, 0.25) is 0 Å². The summed E-state index contributed by atoms with van der Waals surface area (Å²) in [6.45, 7) is 3.52. The van der Waals surface area contributed by atoms with Gasteiger partial charge in [-0.1, -0.05) is 0 Å². The summed E-state index contributed by atoms with van der Waals surface area (Å²) in [4.78, 5) is 21.8. The van der Waals surface area contributed by atoms with Crippen molar-refractivity contribution < 1.29 is 23.8 Å². The number of ether oxygens (including phenoxy) is 2. The zero-order chi connectivity index (χ0) is 20.3. The van der Waals surface area contributed by atoms with Gasteiger partial charge in [-0.25, -0.2) is 4.79 Å². The number of aliphatic hydroxyl groups excluding tert-OH is 1. The molecule has 1 aliphatic rings. The molecular formula is C18H20CfFN4O4. The van der Waals surface area contributed by atoms with E-state index < -0.39 is 24.1 Å². The maximum absolute atomic E-state index is 14.1. The first-order valence-corrected chi connectivity index (χ1v) is 10.4. The van der Waals surface area contributed by atoms with E-state index in [-0.39, 0.29) is 24.3 Å². The van der Waals surface area contributed by atoms with Crippen molar-refractivity contribution in [2.24, 2.45) is 0 Å². The Hall–Kier alpha value is -3.94. The molecule has 1 saturated heterocycles. The van der Waals surface area contributed by atoms with Crippen LogP contribution in [0, 0.1) is 5.82 Å². The van der Waals surface area contributed by atoms with Gasteiger partial charge in [0.15, 0.2) is 0 Å². The molecule has 3 rings (SSSR count). The zero-order valence-electron chi connectivity index (χ0n) is 15.2. The number of nitrogens with one attached hydrogen (secondary N) is 1. The molecule has 3 atom stereocenters. The van der Waals surface area contributed by atoms with Crippen molar-refractivity contribution in [3.8, 4) is 5.75 Å².